The summed E-state index contributed by atoms with van der Waals surface area (Å²) in [5.74, 6) is 0.0648. The van der Waals surface area contributed by atoms with Gasteiger partial charge in [0.1, 0.15) is 0 Å². The molecule has 0 amide bonds. The molecule has 0 aromatic carbocycles. The lowest BCUT2D eigenvalue weighted by Gasteiger charge is -2.06. The second-order valence-electron chi connectivity index (χ2n) is 2.24. The van der Waals surface area contributed by atoms with Gasteiger partial charge in [0.2, 0.25) is 0 Å². The molecule has 2 nitrogen and oxygen atoms in total. The molecule has 0 aromatic heterocycles. The minimum absolute atomic E-state index is 0. The highest BCUT2D eigenvalue weighted by atomic mass is 35.5. The number of halogens is 3. The molecule has 1 heterocycles. The van der Waals surface area contributed by atoms with Crippen LogP contribution in [0.15, 0.2) is 0 Å². The van der Waals surface area contributed by atoms with Crippen LogP contribution in [0.25, 0.3) is 0 Å². The van der Waals surface area contributed by atoms with Crippen molar-refractivity contribution in [2.75, 3.05) is 19.8 Å². The summed E-state index contributed by atoms with van der Waals surface area (Å²) in [6, 6.07) is 0.0417. The Bertz CT molecular complexity index is 84.0. The first kappa shape index (κ1) is 13.1. The molecule has 3 N–H and O–H groups in total. The van der Waals surface area contributed by atoms with Gasteiger partial charge in [0.15, 0.2) is 0 Å². The largest absolute Gasteiger partial charge is 0.326 e. The maximum absolute atomic E-state index is 11.8. The summed E-state index contributed by atoms with van der Waals surface area (Å²) < 4.78 is 11.8. The molecular formula is C5H13Cl2FN2. The monoisotopic (exact) mass is 190 g/mol. The quantitative estimate of drug-likeness (QED) is 0.627. The van der Waals surface area contributed by atoms with Crippen molar-refractivity contribution < 1.29 is 4.39 Å². The summed E-state index contributed by atoms with van der Waals surface area (Å²) in [5.41, 5.74) is 5.49. The molecule has 0 bridgehead atoms. The Labute approximate surface area is 72.6 Å². The Morgan fingerprint density at radius 1 is 1.40 bits per heavy atom. The summed E-state index contributed by atoms with van der Waals surface area (Å²) in [4.78, 5) is 0. The number of hydrogen-bond acceptors (Lipinski definition) is 2. The minimum Gasteiger partial charge on any atom is -0.326 e. The first-order chi connectivity index (χ1) is 3.84. The predicted molar refractivity (Wildman–Crippen MR) is 44.8 cm³/mol. The molecule has 64 valence electrons. The van der Waals surface area contributed by atoms with E-state index in [1.807, 2.05) is 0 Å². The summed E-state index contributed by atoms with van der Waals surface area (Å²) in [7, 11) is 0. The van der Waals surface area contributed by atoms with Gasteiger partial charge in [-0.2, -0.15) is 0 Å². The van der Waals surface area contributed by atoms with Crippen molar-refractivity contribution in [3.8, 4) is 0 Å². The second kappa shape index (κ2) is 6.16. The number of rotatable bonds is 1. The van der Waals surface area contributed by atoms with Crippen LogP contribution in [0.3, 0.4) is 0 Å². The zero-order valence-electron chi connectivity index (χ0n) is 5.55. The van der Waals surface area contributed by atoms with Crippen molar-refractivity contribution in [2.24, 2.45) is 11.7 Å². The van der Waals surface area contributed by atoms with Crippen LogP contribution in [-0.2, 0) is 0 Å². The van der Waals surface area contributed by atoms with E-state index < -0.39 is 0 Å². The van der Waals surface area contributed by atoms with Crippen LogP contribution < -0.4 is 11.1 Å². The number of nitrogens with one attached hydrogen (secondary N) is 1. The van der Waals surface area contributed by atoms with Crippen LogP contribution >= 0.6 is 24.8 Å². The number of hydrogen-bond donors (Lipinski definition) is 2. The lowest BCUT2D eigenvalue weighted by molar-refractivity contribution is 0.358. The molecule has 1 aliphatic heterocycles. The van der Waals surface area contributed by atoms with Crippen LogP contribution in [0.2, 0.25) is 0 Å². The molecule has 0 saturated carbocycles. The van der Waals surface area contributed by atoms with Gasteiger partial charge >= 0.3 is 0 Å². The van der Waals surface area contributed by atoms with Crippen molar-refractivity contribution >= 4 is 24.8 Å². The van der Waals surface area contributed by atoms with Crippen LogP contribution in [0.5, 0.6) is 0 Å². The molecule has 1 rings (SSSR count). The Morgan fingerprint density at radius 3 is 2.20 bits per heavy atom. The molecule has 0 aliphatic carbocycles. The summed E-state index contributed by atoms with van der Waals surface area (Å²) in [6.45, 7) is 1.24. The van der Waals surface area contributed by atoms with Crippen molar-refractivity contribution in [1.29, 1.82) is 0 Å². The lowest BCUT2D eigenvalue weighted by Crippen LogP contribution is -2.29. The fourth-order valence-electron chi connectivity index (χ4n) is 0.922. The van der Waals surface area contributed by atoms with Crippen LogP contribution in [0, 0.1) is 5.92 Å². The highest BCUT2D eigenvalue weighted by Gasteiger charge is 2.22. The third kappa shape index (κ3) is 3.01. The Morgan fingerprint density at radius 2 is 2.00 bits per heavy atom. The first-order valence-corrected chi connectivity index (χ1v) is 2.87. The van der Waals surface area contributed by atoms with Crippen LogP contribution in [0.1, 0.15) is 0 Å². The van der Waals surface area contributed by atoms with Gasteiger partial charge in [-0.25, -0.2) is 0 Å². The number of nitrogens with two attached hydrogens (primary N) is 1. The normalized spacial score (nSPS) is 30.6. The van der Waals surface area contributed by atoms with Gasteiger partial charge in [0, 0.05) is 25.0 Å². The highest BCUT2D eigenvalue weighted by Crippen LogP contribution is 2.05. The Hall–Kier alpha value is 0.430. The SMILES string of the molecule is Cl.Cl.N[C@@H]1CNC[C@@H]1CF. The zero-order valence-corrected chi connectivity index (χ0v) is 7.18. The summed E-state index contributed by atoms with van der Waals surface area (Å²) in [6.07, 6.45) is 0. The van der Waals surface area contributed by atoms with Gasteiger partial charge < -0.3 is 11.1 Å². The van der Waals surface area contributed by atoms with E-state index in [1.165, 1.54) is 0 Å². The Kier molecular flexibility index (Phi) is 8.04. The second-order valence-corrected chi connectivity index (χ2v) is 2.24. The topological polar surface area (TPSA) is 38.0 Å². The van der Waals surface area contributed by atoms with E-state index >= 15 is 0 Å². The molecule has 10 heavy (non-hydrogen) atoms. The van der Waals surface area contributed by atoms with Gasteiger partial charge in [0.25, 0.3) is 0 Å². The van der Waals surface area contributed by atoms with Gasteiger partial charge in [0.05, 0.1) is 6.67 Å². The molecule has 0 radical (unpaired) electrons. The molecule has 1 saturated heterocycles. The zero-order chi connectivity index (χ0) is 5.98. The molecule has 0 spiro atoms. The fourth-order valence-corrected chi connectivity index (χ4v) is 0.922. The molecule has 0 aromatic rings. The average molecular weight is 191 g/mol. The van der Waals surface area contributed by atoms with E-state index in [0.717, 1.165) is 13.1 Å². The van der Waals surface area contributed by atoms with E-state index in [0.29, 0.717) is 0 Å². The van der Waals surface area contributed by atoms with Gasteiger partial charge in [-0.1, -0.05) is 0 Å². The highest BCUT2D eigenvalue weighted by molar-refractivity contribution is 5.85. The fraction of sp³-hybridized carbons (Fsp3) is 1.00. The van der Waals surface area contributed by atoms with Crippen molar-refractivity contribution in [1.82, 2.24) is 5.32 Å². The van der Waals surface area contributed by atoms with Crippen molar-refractivity contribution in [2.45, 2.75) is 6.04 Å². The smallest absolute Gasteiger partial charge is 0.0950 e. The molecule has 2 atom stereocenters. The summed E-state index contributed by atoms with van der Waals surface area (Å²) in [5, 5.41) is 3.01. The predicted octanol–water partition coefficient (Wildman–Crippen LogP) is 0.346. The third-order valence-electron chi connectivity index (χ3n) is 1.59. The van der Waals surface area contributed by atoms with E-state index in [4.69, 9.17) is 5.73 Å². The van der Waals surface area contributed by atoms with Crippen molar-refractivity contribution in [3.05, 3.63) is 0 Å². The van der Waals surface area contributed by atoms with E-state index in [9.17, 15) is 4.39 Å². The van der Waals surface area contributed by atoms with Gasteiger partial charge in [-0.15, -0.1) is 24.8 Å². The Balaban J connectivity index is 0. The number of alkyl halides is 1. The van der Waals surface area contributed by atoms with Crippen LogP contribution in [-0.4, -0.2) is 25.8 Å². The standard InChI is InChI=1S/C5H11FN2.2ClH/c6-1-4-2-8-3-5(4)7;;/h4-5,8H,1-3,7H2;2*1H/t4-,5+;;/m0../s1. The molecular weight excluding hydrogens is 178 g/mol. The maximum Gasteiger partial charge on any atom is 0.0950 e. The van der Waals surface area contributed by atoms with Crippen LogP contribution in [0.4, 0.5) is 4.39 Å². The van der Waals surface area contributed by atoms with Gasteiger partial charge in [-0.05, 0) is 0 Å². The molecule has 1 fully saturated rings. The first-order valence-electron chi connectivity index (χ1n) is 2.87. The molecule has 5 heteroatoms. The lowest BCUT2D eigenvalue weighted by atomic mass is 10.1. The van der Waals surface area contributed by atoms with E-state index in [-0.39, 0.29) is 43.4 Å². The summed E-state index contributed by atoms with van der Waals surface area (Å²) >= 11 is 0. The van der Waals surface area contributed by atoms with Gasteiger partial charge in [-0.3, -0.25) is 4.39 Å². The maximum atomic E-state index is 11.8. The van der Waals surface area contributed by atoms with E-state index in [2.05, 4.69) is 5.32 Å². The van der Waals surface area contributed by atoms with E-state index in [1.54, 1.807) is 0 Å². The minimum atomic E-state index is -0.284. The van der Waals surface area contributed by atoms with Crippen molar-refractivity contribution in [3.63, 3.8) is 0 Å². The third-order valence-corrected chi connectivity index (χ3v) is 1.59. The molecule has 0 unspecified atom stereocenters. The molecule has 1 aliphatic rings. The average Bonchev–Trinajstić information content (AvgIpc) is 2.14.